The summed E-state index contributed by atoms with van der Waals surface area (Å²) in [5.41, 5.74) is 0. The summed E-state index contributed by atoms with van der Waals surface area (Å²) in [5, 5.41) is 7.41. The Morgan fingerprint density at radius 2 is 0.559 bits per heavy atom. The first kappa shape index (κ1) is 36.1. The second-order valence-corrected chi connectivity index (χ2v) is 11.0. The number of rotatable bonds is 24. The molecule has 0 heterocycles. The van der Waals surface area contributed by atoms with E-state index in [2.05, 4.69) is 66.0 Å². The van der Waals surface area contributed by atoms with Gasteiger partial charge in [-0.25, -0.2) is 0 Å². The maximum atomic E-state index is 3.71. The summed E-state index contributed by atoms with van der Waals surface area (Å²) >= 11 is 0. The van der Waals surface area contributed by atoms with Crippen LogP contribution in [-0.4, -0.2) is 26.2 Å². The summed E-state index contributed by atoms with van der Waals surface area (Å²) in [4.78, 5) is 0. The van der Waals surface area contributed by atoms with E-state index < -0.39 is 0 Å². The molecule has 0 radical (unpaired) electrons. The summed E-state index contributed by atoms with van der Waals surface area (Å²) in [6.07, 6.45) is 21.9. The summed E-state index contributed by atoms with van der Waals surface area (Å²) in [5.74, 6) is 3.61. The van der Waals surface area contributed by atoms with Crippen LogP contribution in [0.1, 0.15) is 158 Å². The normalized spacial score (nSPS) is 14.8. The molecule has 0 aromatic rings. The lowest BCUT2D eigenvalue weighted by atomic mass is 9.97. The lowest BCUT2D eigenvalue weighted by Crippen LogP contribution is -2.28. The standard InChI is InChI=1S/2C16H35N/c2*1-5-9-11-15(7-3)13-17-14-16(8-4)12-10-6-2/h2*15-17H,5-14H2,1-4H3. The maximum Gasteiger partial charge on any atom is -0.00205 e. The molecule has 0 bridgehead atoms. The Morgan fingerprint density at radius 3 is 0.706 bits per heavy atom. The fourth-order valence-electron chi connectivity index (χ4n) is 4.76. The molecule has 0 aliphatic heterocycles. The van der Waals surface area contributed by atoms with Crippen LogP contribution in [0.4, 0.5) is 0 Å². The maximum absolute atomic E-state index is 3.71. The van der Waals surface area contributed by atoms with E-state index in [0.29, 0.717) is 0 Å². The number of hydrogen-bond donors (Lipinski definition) is 2. The Bertz CT molecular complexity index is 291. The highest BCUT2D eigenvalue weighted by molar-refractivity contribution is 4.66. The highest BCUT2D eigenvalue weighted by Crippen LogP contribution is 2.15. The lowest BCUT2D eigenvalue weighted by molar-refractivity contribution is 0.372. The molecule has 4 unspecified atom stereocenters. The van der Waals surface area contributed by atoms with Crippen molar-refractivity contribution >= 4 is 0 Å². The van der Waals surface area contributed by atoms with Crippen molar-refractivity contribution in [3.05, 3.63) is 0 Å². The topological polar surface area (TPSA) is 24.1 Å². The molecular weight excluding hydrogens is 412 g/mol. The van der Waals surface area contributed by atoms with Gasteiger partial charge in [0.2, 0.25) is 0 Å². The van der Waals surface area contributed by atoms with E-state index in [1.807, 2.05) is 0 Å². The molecule has 0 fully saturated rings. The van der Waals surface area contributed by atoms with E-state index in [-0.39, 0.29) is 0 Å². The molecule has 2 heteroatoms. The van der Waals surface area contributed by atoms with Gasteiger partial charge in [-0.2, -0.15) is 0 Å². The first-order valence-electron chi connectivity index (χ1n) is 16.0. The molecule has 208 valence electrons. The second-order valence-electron chi connectivity index (χ2n) is 11.0. The molecule has 34 heavy (non-hydrogen) atoms. The van der Waals surface area contributed by atoms with Gasteiger partial charge < -0.3 is 10.6 Å². The zero-order valence-corrected chi connectivity index (χ0v) is 25.5. The Kier molecular flexibility index (Phi) is 30.9. The first-order valence-corrected chi connectivity index (χ1v) is 16.0. The van der Waals surface area contributed by atoms with Crippen LogP contribution in [0.2, 0.25) is 0 Å². The van der Waals surface area contributed by atoms with Gasteiger partial charge >= 0.3 is 0 Å². The molecule has 0 saturated carbocycles. The quantitative estimate of drug-likeness (QED) is 0.143. The van der Waals surface area contributed by atoms with Gasteiger partial charge in [0.1, 0.15) is 0 Å². The van der Waals surface area contributed by atoms with Crippen LogP contribution < -0.4 is 10.6 Å². The van der Waals surface area contributed by atoms with E-state index in [1.54, 1.807) is 0 Å². The fraction of sp³-hybridized carbons (Fsp3) is 1.00. The van der Waals surface area contributed by atoms with E-state index in [1.165, 1.54) is 129 Å². The minimum atomic E-state index is 0.902. The number of hydrogen-bond acceptors (Lipinski definition) is 2. The van der Waals surface area contributed by atoms with Crippen LogP contribution in [0.15, 0.2) is 0 Å². The molecule has 0 saturated heterocycles. The summed E-state index contributed by atoms with van der Waals surface area (Å²) in [6.45, 7) is 23.4. The van der Waals surface area contributed by atoms with E-state index >= 15 is 0 Å². The van der Waals surface area contributed by atoms with Crippen LogP contribution in [0.5, 0.6) is 0 Å². The molecule has 0 aliphatic carbocycles. The van der Waals surface area contributed by atoms with Crippen molar-refractivity contribution < 1.29 is 0 Å². The van der Waals surface area contributed by atoms with Gasteiger partial charge in [-0.05, 0) is 75.5 Å². The average molecular weight is 483 g/mol. The molecule has 0 aliphatic rings. The van der Waals surface area contributed by atoms with Gasteiger partial charge in [-0.3, -0.25) is 0 Å². The minimum Gasteiger partial charge on any atom is -0.316 e. The van der Waals surface area contributed by atoms with Gasteiger partial charge in [0.05, 0.1) is 0 Å². The van der Waals surface area contributed by atoms with Gasteiger partial charge in [0.15, 0.2) is 0 Å². The molecule has 0 spiro atoms. The molecule has 0 amide bonds. The van der Waals surface area contributed by atoms with Crippen LogP contribution in [0, 0.1) is 23.7 Å². The monoisotopic (exact) mass is 483 g/mol. The van der Waals surface area contributed by atoms with Crippen LogP contribution in [-0.2, 0) is 0 Å². The van der Waals surface area contributed by atoms with Crippen molar-refractivity contribution in [2.75, 3.05) is 26.2 Å². The van der Waals surface area contributed by atoms with Gasteiger partial charge in [0, 0.05) is 0 Å². The van der Waals surface area contributed by atoms with E-state index in [4.69, 9.17) is 0 Å². The van der Waals surface area contributed by atoms with Crippen LogP contribution in [0.3, 0.4) is 0 Å². The van der Waals surface area contributed by atoms with Crippen LogP contribution >= 0.6 is 0 Å². The second kappa shape index (κ2) is 29.2. The molecule has 0 aromatic heterocycles. The molecule has 0 aromatic carbocycles. The van der Waals surface area contributed by atoms with Crippen molar-refractivity contribution in [2.24, 2.45) is 23.7 Å². The average Bonchev–Trinajstić information content (AvgIpc) is 2.87. The van der Waals surface area contributed by atoms with Crippen molar-refractivity contribution in [2.45, 2.75) is 158 Å². The predicted octanol–water partition coefficient (Wildman–Crippen LogP) is 10.0. The summed E-state index contributed by atoms with van der Waals surface area (Å²) in [7, 11) is 0. The fourth-order valence-corrected chi connectivity index (χ4v) is 4.76. The first-order chi connectivity index (χ1) is 16.6. The van der Waals surface area contributed by atoms with E-state index in [9.17, 15) is 0 Å². The Hall–Kier alpha value is -0.0800. The summed E-state index contributed by atoms with van der Waals surface area (Å²) < 4.78 is 0. The SMILES string of the molecule is CCCCC(CC)CNCC(CC)CCCC.CCCCC(CC)CNCC(CC)CCCC. The molecule has 0 rings (SSSR count). The van der Waals surface area contributed by atoms with Gasteiger partial charge in [-0.15, -0.1) is 0 Å². The molecule has 2 nitrogen and oxygen atoms in total. The molecule has 2 N–H and O–H groups in total. The zero-order chi connectivity index (χ0) is 25.9. The van der Waals surface area contributed by atoms with E-state index in [0.717, 1.165) is 23.7 Å². The number of nitrogens with one attached hydrogen (secondary N) is 2. The minimum absolute atomic E-state index is 0.902. The Morgan fingerprint density at radius 1 is 0.353 bits per heavy atom. The third-order valence-corrected chi connectivity index (χ3v) is 7.91. The lowest BCUT2D eigenvalue weighted by Gasteiger charge is -2.19. The third kappa shape index (κ3) is 23.7. The van der Waals surface area contributed by atoms with Gasteiger partial charge in [0.25, 0.3) is 0 Å². The van der Waals surface area contributed by atoms with Crippen molar-refractivity contribution in [1.82, 2.24) is 10.6 Å². The third-order valence-electron chi connectivity index (χ3n) is 7.91. The van der Waals surface area contributed by atoms with Crippen molar-refractivity contribution in [3.63, 3.8) is 0 Å². The Balaban J connectivity index is 0. The Labute approximate surface area is 218 Å². The number of unbranched alkanes of at least 4 members (excludes halogenated alkanes) is 4. The van der Waals surface area contributed by atoms with Crippen LogP contribution in [0.25, 0.3) is 0 Å². The molecule has 4 atom stereocenters. The van der Waals surface area contributed by atoms with Crippen molar-refractivity contribution in [3.8, 4) is 0 Å². The smallest absolute Gasteiger partial charge is 0.00205 e. The largest absolute Gasteiger partial charge is 0.316 e. The predicted molar refractivity (Wildman–Crippen MR) is 159 cm³/mol. The highest BCUT2D eigenvalue weighted by Gasteiger charge is 2.09. The van der Waals surface area contributed by atoms with Gasteiger partial charge in [-0.1, -0.05) is 132 Å². The summed E-state index contributed by atoms with van der Waals surface area (Å²) in [6, 6.07) is 0. The van der Waals surface area contributed by atoms with Crippen molar-refractivity contribution in [1.29, 1.82) is 0 Å². The zero-order valence-electron chi connectivity index (χ0n) is 25.5. The molecular formula is C32H70N2. The highest BCUT2D eigenvalue weighted by atomic mass is 14.9.